The van der Waals surface area contributed by atoms with Gasteiger partial charge >= 0.3 is 5.97 Å². The molecule has 2 aromatic carbocycles. The van der Waals surface area contributed by atoms with Gasteiger partial charge in [0.15, 0.2) is 18.1 Å². The van der Waals surface area contributed by atoms with E-state index in [2.05, 4.69) is 13.8 Å². The Labute approximate surface area is 171 Å². The van der Waals surface area contributed by atoms with E-state index in [0.29, 0.717) is 24.0 Å². The molecule has 0 heterocycles. The van der Waals surface area contributed by atoms with E-state index in [-0.39, 0.29) is 12.5 Å². The highest BCUT2D eigenvalue weighted by Crippen LogP contribution is 2.29. The fourth-order valence-corrected chi connectivity index (χ4v) is 2.40. The summed E-state index contributed by atoms with van der Waals surface area (Å²) in [6.07, 6.45) is 2.88. The number of esters is 1. The average molecular weight is 397 g/mol. The summed E-state index contributed by atoms with van der Waals surface area (Å²) in [5.41, 5.74) is 1.49. The second-order valence-corrected chi connectivity index (χ2v) is 6.84. The van der Waals surface area contributed by atoms with E-state index in [1.165, 1.54) is 11.0 Å². The average Bonchev–Trinajstić information content (AvgIpc) is 2.74. The normalized spacial score (nSPS) is 10.8. The molecule has 0 aliphatic rings. The van der Waals surface area contributed by atoms with Crippen molar-refractivity contribution < 1.29 is 23.8 Å². The molecule has 0 radical (unpaired) electrons. The molecule has 0 spiro atoms. The molecule has 2 aromatic rings. The van der Waals surface area contributed by atoms with E-state index < -0.39 is 5.97 Å². The van der Waals surface area contributed by atoms with Crippen LogP contribution in [0.2, 0.25) is 0 Å². The largest absolute Gasteiger partial charge is 0.493 e. The molecule has 154 valence electrons. The van der Waals surface area contributed by atoms with Crippen molar-refractivity contribution in [3.05, 3.63) is 60.2 Å². The van der Waals surface area contributed by atoms with Crippen LogP contribution in [0.1, 0.15) is 19.4 Å². The second kappa shape index (κ2) is 10.9. The predicted octanol–water partition coefficient (Wildman–Crippen LogP) is 3.95. The Bertz CT molecular complexity index is 846. The molecule has 6 nitrogen and oxygen atoms in total. The van der Waals surface area contributed by atoms with Gasteiger partial charge in [-0.2, -0.15) is 0 Å². The summed E-state index contributed by atoms with van der Waals surface area (Å²) in [5, 5.41) is 0. The van der Waals surface area contributed by atoms with Crippen LogP contribution in [0.25, 0.3) is 6.08 Å². The third kappa shape index (κ3) is 6.99. The zero-order chi connectivity index (χ0) is 21.2. The van der Waals surface area contributed by atoms with Gasteiger partial charge in [0.1, 0.15) is 0 Å². The number of carbonyl (C=O) groups is 2. The van der Waals surface area contributed by atoms with Gasteiger partial charge in [-0.25, -0.2) is 4.79 Å². The first kappa shape index (κ1) is 22.0. The van der Waals surface area contributed by atoms with Crippen LogP contribution in [-0.2, 0) is 14.3 Å². The van der Waals surface area contributed by atoms with Crippen molar-refractivity contribution in [2.24, 2.45) is 5.92 Å². The zero-order valence-electron chi connectivity index (χ0n) is 17.3. The topological polar surface area (TPSA) is 65.1 Å². The summed E-state index contributed by atoms with van der Waals surface area (Å²) >= 11 is 0. The highest BCUT2D eigenvalue weighted by Gasteiger charge is 2.12. The standard InChI is InChI=1S/C23H27NO5/c1-17(2)15-28-20-12-10-18(14-21(20)27-4)11-13-23(26)29-16-22(25)24(3)19-8-6-5-7-9-19/h5-14,17H,15-16H2,1-4H3/b13-11+. The molecule has 0 fully saturated rings. The molecule has 6 heteroatoms. The summed E-state index contributed by atoms with van der Waals surface area (Å²) in [7, 11) is 3.20. The van der Waals surface area contributed by atoms with E-state index in [4.69, 9.17) is 14.2 Å². The number of likely N-dealkylation sites (N-methyl/N-ethyl adjacent to an activating group) is 1. The lowest BCUT2D eigenvalue weighted by atomic mass is 10.2. The summed E-state index contributed by atoms with van der Waals surface area (Å²) < 4.78 is 16.1. The van der Waals surface area contributed by atoms with Crippen LogP contribution in [-0.4, -0.2) is 39.2 Å². The third-order valence-corrected chi connectivity index (χ3v) is 4.03. The zero-order valence-corrected chi connectivity index (χ0v) is 17.3. The SMILES string of the molecule is COc1cc(/C=C/C(=O)OCC(=O)N(C)c2ccccc2)ccc1OCC(C)C. The number of methoxy groups -OCH3 is 1. The maximum Gasteiger partial charge on any atom is 0.331 e. The van der Waals surface area contributed by atoms with Crippen LogP contribution in [0.3, 0.4) is 0 Å². The smallest absolute Gasteiger partial charge is 0.331 e. The number of benzene rings is 2. The number of hydrogen-bond acceptors (Lipinski definition) is 5. The second-order valence-electron chi connectivity index (χ2n) is 6.84. The van der Waals surface area contributed by atoms with Crippen LogP contribution in [0.4, 0.5) is 5.69 Å². The van der Waals surface area contributed by atoms with Crippen molar-refractivity contribution in [1.82, 2.24) is 0 Å². The Morgan fingerprint density at radius 1 is 1.07 bits per heavy atom. The van der Waals surface area contributed by atoms with Gasteiger partial charge in [0.2, 0.25) is 0 Å². The Morgan fingerprint density at radius 2 is 1.79 bits per heavy atom. The molecule has 0 unspecified atom stereocenters. The fraction of sp³-hybridized carbons (Fsp3) is 0.304. The quantitative estimate of drug-likeness (QED) is 0.474. The minimum absolute atomic E-state index is 0.314. The molecular formula is C23H27NO5. The Morgan fingerprint density at radius 3 is 2.45 bits per heavy atom. The summed E-state index contributed by atoms with van der Waals surface area (Å²) in [4.78, 5) is 25.5. The van der Waals surface area contributed by atoms with E-state index in [0.717, 1.165) is 11.3 Å². The predicted molar refractivity (Wildman–Crippen MR) is 113 cm³/mol. The Kier molecular flexibility index (Phi) is 8.27. The number of ether oxygens (including phenoxy) is 3. The molecule has 0 atom stereocenters. The molecule has 0 aromatic heterocycles. The van der Waals surface area contributed by atoms with Crippen molar-refractivity contribution in [3.8, 4) is 11.5 Å². The van der Waals surface area contributed by atoms with Gasteiger partial charge in [0, 0.05) is 18.8 Å². The van der Waals surface area contributed by atoms with Crippen LogP contribution in [0.15, 0.2) is 54.6 Å². The Hall–Kier alpha value is -3.28. The molecule has 2 rings (SSSR count). The van der Waals surface area contributed by atoms with Gasteiger partial charge < -0.3 is 19.1 Å². The van der Waals surface area contributed by atoms with Crippen molar-refractivity contribution in [2.45, 2.75) is 13.8 Å². The lowest BCUT2D eigenvalue weighted by Crippen LogP contribution is -2.30. The minimum Gasteiger partial charge on any atom is -0.493 e. The van der Waals surface area contributed by atoms with E-state index in [1.807, 2.05) is 36.4 Å². The maximum atomic E-state index is 12.1. The lowest BCUT2D eigenvalue weighted by Gasteiger charge is -2.16. The van der Waals surface area contributed by atoms with E-state index in [9.17, 15) is 9.59 Å². The first-order valence-electron chi connectivity index (χ1n) is 9.38. The van der Waals surface area contributed by atoms with Crippen LogP contribution < -0.4 is 14.4 Å². The van der Waals surface area contributed by atoms with Crippen molar-refractivity contribution >= 4 is 23.6 Å². The highest BCUT2D eigenvalue weighted by atomic mass is 16.5. The Balaban J connectivity index is 1.90. The minimum atomic E-state index is -0.598. The van der Waals surface area contributed by atoms with Crippen LogP contribution in [0.5, 0.6) is 11.5 Å². The molecule has 0 aliphatic heterocycles. The molecule has 0 N–H and O–H groups in total. The number of rotatable bonds is 9. The van der Waals surface area contributed by atoms with Gasteiger partial charge in [-0.15, -0.1) is 0 Å². The number of amides is 1. The summed E-state index contributed by atoms with van der Waals surface area (Å²) in [5.74, 6) is 0.721. The molecule has 0 bridgehead atoms. The summed E-state index contributed by atoms with van der Waals surface area (Å²) in [6.45, 7) is 4.39. The number of carbonyl (C=O) groups excluding carboxylic acids is 2. The molecule has 0 saturated heterocycles. The van der Waals surface area contributed by atoms with Crippen molar-refractivity contribution in [3.63, 3.8) is 0 Å². The van der Waals surface area contributed by atoms with Gasteiger partial charge in [0.05, 0.1) is 13.7 Å². The van der Waals surface area contributed by atoms with Gasteiger partial charge in [0.25, 0.3) is 5.91 Å². The highest BCUT2D eigenvalue weighted by molar-refractivity contribution is 5.96. The maximum absolute atomic E-state index is 12.1. The summed E-state index contributed by atoms with van der Waals surface area (Å²) in [6, 6.07) is 14.5. The van der Waals surface area contributed by atoms with Crippen molar-refractivity contribution in [2.75, 3.05) is 32.3 Å². The van der Waals surface area contributed by atoms with Crippen LogP contribution in [0, 0.1) is 5.92 Å². The van der Waals surface area contributed by atoms with Gasteiger partial charge in [-0.1, -0.05) is 38.1 Å². The molecule has 1 amide bonds. The molecular weight excluding hydrogens is 370 g/mol. The fourth-order valence-electron chi connectivity index (χ4n) is 2.40. The third-order valence-electron chi connectivity index (χ3n) is 4.03. The van der Waals surface area contributed by atoms with Gasteiger partial charge in [-0.3, -0.25) is 4.79 Å². The number of anilines is 1. The van der Waals surface area contributed by atoms with E-state index in [1.54, 1.807) is 32.4 Å². The van der Waals surface area contributed by atoms with Gasteiger partial charge in [-0.05, 0) is 41.8 Å². The number of nitrogens with zero attached hydrogens (tertiary/aromatic N) is 1. The lowest BCUT2D eigenvalue weighted by molar-refractivity contribution is -0.142. The van der Waals surface area contributed by atoms with Crippen molar-refractivity contribution in [1.29, 1.82) is 0 Å². The first-order chi connectivity index (χ1) is 13.9. The molecule has 0 saturated carbocycles. The molecule has 29 heavy (non-hydrogen) atoms. The van der Waals surface area contributed by atoms with Crippen LogP contribution >= 0.6 is 0 Å². The number of para-hydroxylation sites is 1. The van der Waals surface area contributed by atoms with E-state index >= 15 is 0 Å². The first-order valence-corrected chi connectivity index (χ1v) is 9.38. The monoisotopic (exact) mass is 397 g/mol. The molecule has 0 aliphatic carbocycles. The number of hydrogen-bond donors (Lipinski definition) is 0.